The normalized spacial score (nSPS) is 29.8. The lowest BCUT2D eigenvalue weighted by Gasteiger charge is -2.33. The molecule has 0 amide bonds. The van der Waals surface area contributed by atoms with Crippen molar-refractivity contribution in [3.05, 3.63) is 0 Å². The summed E-state index contributed by atoms with van der Waals surface area (Å²) in [5.41, 5.74) is 0. The zero-order valence-electron chi connectivity index (χ0n) is 11.3. The minimum absolute atomic E-state index is 0. The molecule has 2 fully saturated rings. The maximum absolute atomic E-state index is 4.62. The Kier molecular flexibility index (Phi) is 6.03. The number of hydrogen-bond donors (Lipinski definition) is 1. The van der Waals surface area contributed by atoms with E-state index in [1.165, 1.54) is 32.4 Å². The molecule has 2 atom stereocenters. The summed E-state index contributed by atoms with van der Waals surface area (Å²) in [5, 5.41) is 3.60. The van der Waals surface area contributed by atoms with Crippen LogP contribution in [0.1, 0.15) is 40.0 Å². The van der Waals surface area contributed by atoms with Gasteiger partial charge in [-0.15, -0.1) is 24.0 Å². The summed E-state index contributed by atoms with van der Waals surface area (Å²) in [6.07, 6.45) is 3.93. The molecule has 17 heavy (non-hydrogen) atoms. The molecule has 0 aromatic carbocycles. The van der Waals surface area contributed by atoms with Crippen LogP contribution in [-0.4, -0.2) is 36.5 Å². The molecule has 0 aromatic rings. The van der Waals surface area contributed by atoms with E-state index in [1.54, 1.807) is 0 Å². The van der Waals surface area contributed by atoms with Crippen LogP contribution in [0.2, 0.25) is 0 Å². The standard InChI is InChI=1S/C13H25N3.HI/c1-4-14-13(15-12-9-11(12)3)16-7-5-10(2)6-8-16;/h10-12H,4-9H2,1-3H3,(H,14,15);1H. The first-order valence-electron chi connectivity index (χ1n) is 6.76. The number of nitrogens with zero attached hydrogens (tertiary/aromatic N) is 2. The van der Waals surface area contributed by atoms with Gasteiger partial charge in [0, 0.05) is 25.7 Å². The topological polar surface area (TPSA) is 27.6 Å². The van der Waals surface area contributed by atoms with Gasteiger partial charge in [0.25, 0.3) is 0 Å². The molecule has 1 aliphatic heterocycles. The van der Waals surface area contributed by atoms with E-state index in [0.29, 0.717) is 6.04 Å². The molecule has 1 heterocycles. The fourth-order valence-electron chi connectivity index (χ4n) is 2.30. The third kappa shape index (κ3) is 4.30. The molecule has 1 N–H and O–H groups in total. The zero-order chi connectivity index (χ0) is 11.5. The highest BCUT2D eigenvalue weighted by atomic mass is 127. The number of likely N-dealkylation sites (tertiary alicyclic amines) is 1. The number of guanidine groups is 1. The summed E-state index contributed by atoms with van der Waals surface area (Å²) in [5.74, 6) is 2.88. The molecule has 100 valence electrons. The van der Waals surface area contributed by atoms with E-state index in [1.807, 2.05) is 0 Å². The Hall–Kier alpha value is 0. The van der Waals surface area contributed by atoms with Crippen molar-refractivity contribution in [1.29, 1.82) is 0 Å². The summed E-state index contributed by atoms with van der Waals surface area (Å²) in [6, 6.07) is 0.685. The van der Waals surface area contributed by atoms with Crippen molar-refractivity contribution in [2.24, 2.45) is 16.8 Å². The maximum Gasteiger partial charge on any atom is 0.194 e. The van der Waals surface area contributed by atoms with E-state index in [2.05, 4.69) is 36.0 Å². The number of aliphatic imine (C=N–C) groups is 1. The van der Waals surface area contributed by atoms with E-state index < -0.39 is 0 Å². The molecule has 0 bridgehead atoms. The van der Waals surface area contributed by atoms with Crippen LogP contribution in [0.15, 0.2) is 4.99 Å². The molecule has 2 aliphatic rings. The van der Waals surface area contributed by atoms with Crippen molar-refractivity contribution in [2.45, 2.75) is 46.1 Å². The van der Waals surface area contributed by atoms with E-state index in [9.17, 15) is 0 Å². The fourth-order valence-corrected chi connectivity index (χ4v) is 2.30. The van der Waals surface area contributed by atoms with Gasteiger partial charge in [-0.25, -0.2) is 0 Å². The second-order valence-electron chi connectivity index (χ2n) is 5.43. The summed E-state index contributed by atoms with van der Waals surface area (Å²) in [6.45, 7) is 10.0. The first-order chi connectivity index (χ1) is 7.70. The van der Waals surface area contributed by atoms with Gasteiger partial charge >= 0.3 is 0 Å². The van der Waals surface area contributed by atoms with Crippen LogP contribution in [0.3, 0.4) is 0 Å². The van der Waals surface area contributed by atoms with Crippen molar-refractivity contribution in [3.63, 3.8) is 0 Å². The van der Waals surface area contributed by atoms with Gasteiger partial charge in [0.1, 0.15) is 0 Å². The monoisotopic (exact) mass is 351 g/mol. The Morgan fingerprint density at radius 3 is 2.35 bits per heavy atom. The Labute approximate surface area is 122 Å². The number of rotatable bonds is 2. The van der Waals surface area contributed by atoms with Gasteiger partial charge < -0.3 is 10.2 Å². The molecule has 0 aromatic heterocycles. The predicted molar refractivity (Wildman–Crippen MR) is 84.1 cm³/mol. The van der Waals surface area contributed by atoms with Gasteiger partial charge in [0.2, 0.25) is 0 Å². The maximum atomic E-state index is 4.62. The first-order valence-corrected chi connectivity index (χ1v) is 6.76. The van der Waals surface area contributed by atoms with Gasteiger partial charge in [-0.1, -0.05) is 13.8 Å². The van der Waals surface area contributed by atoms with Crippen LogP contribution in [0.5, 0.6) is 0 Å². The predicted octanol–water partition coefficient (Wildman–Crippen LogP) is 2.71. The SMILES string of the molecule is CCN=C(NC1CC1C)N1CCC(C)CC1.I. The third-order valence-corrected chi connectivity index (χ3v) is 3.82. The number of piperidine rings is 1. The number of nitrogens with one attached hydrogen (secondary N) is 1. The highest BCUT2D eigenvalue weighted by molar-refractivity contribution is 14.0. The highest BCUT2D eigenvalue weighted by Crippen LogP contribution is 2.29. The second kappa shape index (κ2) is 6.81. The summed E-state index contributed by atoms with van der Waals surface area (Å²) in [7, 11) is 0. The van der Waals surface area contributed by atoms with Crippen molar-refractivity contribution < 1.29 is 0 Å². The van der Waals surface area contributed by atoms with E-state index in [-0.39, 0.29) is 24.0 Å². The Balaban J connectivity index is 0.00000144. The molecule has 0 spiro atoms. The van der Waals surface area contributed by atoms with Crippen molar-refractivity contribution in [2.75, 3.05) is 19.6 Å². The molecule has 1 saturated carbocycles. The molecule has 4 heteroatoms. The largest absolute Gasteiger partial charge is 0.353 e. The Morgan fingerprint density at radius 2 is 1.88 bits per heavy atom. The summed E-state index contributed by atoms with van der Waals surface area (Å²) < 4.78 is 0. The first kappa shape index (κ1) is 15.1. The second-order valence-corrected chi connectivity index (χ2v) is 5.43. The third-order valence-electron chi connectivity index (χ3n) is 3.82. The lowest BCUT2D eigenvalue weighted by Crippen LogP contribution is -2.46. The minimum atomic E-state index is 0. The Morgan fingerprint density at radius 1 is 1.29 bits per heavy atom. The van der Waals surface area contributed by atoms with Crippen molar-refractivity contribution in [3.8, 4) is 0 Å². The zero-order valence-corrected chi connectivity index (χ0v) is 13.6. The molecule has 1 aliphatic carbocycles. The van der Waals surface area contributed by atoms with Crippen LogP contribution in [0.4, 0.5) is 0 Å². The molecule has 0 radical (unpaired) electrons. The van der Waals surface area contributed by atoms with Gasteiger partial charge in [-0.2, -0.15) is 0 Å². The molecule has 3 nitrogen and oxygen atoms in total. The lowest BCUT2D eigenvalue weighted by molar-refractivity contribution is 0.272. The van der Waals surface area contributed by atoms with Crippen LogP contribution in [-0.2, 0) is 0 Å². The van der Waals surface area contributed by atoms with Crippen LogP contribution in [0.25, 0.3) is 0 Å². The highest BCUT2D eigenvalue weighted by Gasteiger charge is 2.34. The van der Waals surface area contributed by atoms with E-state index >= 15 is 0 Å². The van der Waals surface area contributed by atoms with Gasteiger partial charge in [-0.05, 0) is 38.0 Å². The Bertz CT molecular complexity index is 259. The molecule has 2 unspecified atom stereocenters. The average molecular weight is 351 g/mol. The van der Waals surface area contributed by atoms with Crippen LogP contribution >= 0.6 is 24.0 Å². The van der Waals surface area contributed by atoms with Crippen molar-refractivity contribution in [1.82, 2.24) is 10.2 Å². The number of hydrogen-bond acceptors (Lipinski definition) is 1. The minimum Gasteiger partial charge on any atom is -0.353 e. The van der Waals surface area contributed by atoms with Gasteiger partial charge in [0.15, 0.2) is 5.96 Å². The van der Waals surface area contributed by atoms with E-state index in [0.717, 1.165) is 24.3 Å². The van der Waals surface area contributed by atoms with Gasteiger partial charge in [0.05, 0.1) is 0 Å². The summed E-state index contributed by atoms with van der Waals surface area (Å²) >= 11 is 0. The van der Waals surface area contributed by atoms with Gasteiger partial charge in [-0.3, -0.25) is 4.99 Å². The average Bonchev–Trinajstić information content (AvgIpc) is 2.95. The summed E-state index contributed by atoms with van der Waals surface area (Å²) in [4.78, 5) is 7.06. The number of halogens is 1. The van der Waals surface area contributed by atoms with E-state index in [4.69, 9.17) is 0 Å². The molecule has 2 rings (SSSR count). The molecular weight excluding hydrogens is 325 g/mol. The quantitative estimate of drug-likeness (QED) is 0.471. The fraction of sp³-hybridized carbons (Fsp3) is 0.923. The molecular formula is C13H26IN3. The van der Waals surface area contributed by atoms with Crippen molar-refractivity contribution >= 4 is 29.9 Å². The smallest absolute Gasteiger partial charge is 0.194 e. The van der Waals surface area contributed by atoms with Crippen LogP contribution < -0.4 is 5.32 Å². The molecule has 1 saturated heterocycles. The lowest BCUT2D eigenvalue weighted by atomic mass is 10.00. The van der Waals surface area contributed by atoms with Crippen LogP contribution in [0, 0.1) is 11.8 Å².